The number of nitrogens with zero attached hydrogens (tertiary/aromatic N) is 4. The molecule has 0 radical (unpaired) electrons. The van der Waals surface area contributed by atoms with Crippen molar-refractivity contribution in [2.75, 3.05) is 52.0 Å². The molecular formula is C21H26N6O2. The molecule has 0 spiro atoms. The van der Waals surface area contributed by atoms with E-state index in [4.69, 9.17) is 9.47 Å². The molecular weight excluding hydrogens is 368 g/mol. The van der Waals surface area contributed by atoms with Gasteiger partial charge in [0.2, 0.25) is 5.95 Å². The Hall–Kier alpha value is -3.39. The van der Waals surface area contributed by atoms with Gasteiger partial charge in [-0.1, -0.05) is 0 Å². The van der Waals surface area contributed by atoms with E-state index in [9.17, 15) is 0 Å². The number of ether oxygens (including phenoxy) is 2. The van der Waals surface area contributed by atoms with E-state index in [1.807, 2.05) is 50.5 Å². The van der Waals surface area contributed by atoms with E-state index in [0.29, 0.717) is 17.5 Å². The van der Waals surface area contributed by atoms with Crippen molar-refractivity contribution in [2.45, 2.75) is 0 Å². The largest absolute Gasteiger partial charge is 0.497 e. The van der Waals surface area contributed by atoms with Crippen molar-refractivity contribution in [3.63, 3.8) is 0 Å². The molecule has 0 fully saturated rings. The van der Waals surface area contributed by atoms with Crippen LogP contribution in [-0.2, 0) is 0 Å². The summed E-state index contributed by atoms with van der Waals surface area (Å²) in [6, 6.07) is 11.3. The second kappa shape index (κ2) is 9.70. The van der Waals surface area contributed by atoms with Gasteiger partial charge in [0.25, 0.3) is 0 Å². The average Bonchev–Trinajstić information content (AvgIpc) is 2.74. The Kier molecular flexibility index (Phi) is 6.80. The molecule has 0 aliphatic carbocycles. The first-order valence-electron chi connectivity index (χ1n) is 9.26. The quantitative estimate of drug-likeness (QED) is 0.572. The standard InChI is InChI=1S/C21H26N6O2/c1-27(2)12-11-23-21-25-18(15-7-9-22-10-8-15)14-20(26-21)24-17-6-5-16(28-3)13-19(17)29-4/h5-10,13-14H,11-12H2,1-4H3,(H2,23,24,25,26). The number of hydrogen-bond acceptors (Lipinski definition) is 8. The highest BCUT2D eigenvalue weighted by molar-refractivity contribution is 5.70. The van der Waals surface area contributed by atoms with Gasteiger partial charge in [0.05, 0.1) is 25.6 Å². The van der Waals surface area contributed by atoms with Crippen molar-refractivity contribution in [1.29, 1.82) is 0 Å². The van der Waals surface area contributed by atoms with Crippen LogP contribution in [-0.4, -0.2) is 61.3 Å². The molecule has 0 saturated carbocycles. The molecule has 2 aromatic heterocycles. The van der Waals surface area contributed by atoms with Crippen LogP contribution in [0.2, 0.25) is 0 Å². The second-order valence-corrected chi connectivity index (χ2v) is 6.62. The zero-order valence-electron chi connectivity index (χ0n) is 17.1. The van der Waals surface area contributed by atoms with Crippen molar-refractivity contribution in [3.8, 4) is 22.8 Å². The first kappa shape index (κ1) is 20.3. The lowest BCUT2D eigenvalue weighted by Gasteiger charge is -2.15. The third kappa shape index (κ3) is 5.55. The van der Waals surface area contributed by atoms with Gasteiger partial charge in [-0.05, 0) is 38.4 Å². The molecule has 1 aromatic carbocycles. The number of anilines is 3. The summed E-state index contributed by atoms with van der Waals surface area (Å²) in [4.78, 5) is 15.4. The minimum atomic E-state index is 0.552. The van der Waals surface area contributed by atoms with Gasteiger partial charge in [0, 0.05) is 43.2 Å². The van der Waals surface area contributed by atoms with Crippen molar-refractivity contribution in [3.05, 3.63) is 48.8 Å². The van der Waals surface area contributed by atoms with Crippen LogP contribution < -0.4 is 20.1 Å². The number of benzene rings is 1. The lowest BCUT2D eigenvalue weighted by molar-refractivity contribution is 0.395. The maximum atomic E-state index is 5.48. The highest BCUT2D eigenvalue weighted by atomic mass is 16.5. The van der Waals surface area contributed by atoms with Crippen LogP contribution in [0, 0.1) is 0 Å². The molecule has 2 N–H and O–H groups in total. The van der Waals surface area contributed by atoms with Crippen LogP contribution >= 0.6 is 0 Å². The van der Waals surface area contributed by atoms with Crippen LogP contribution in [0.25, 0.3) is 11.3 Å². The molecule has 0 aliphatic rings. The number of hydrogen-bond donors (Lipinski definition) is 2. The SMILES string of the molecule is COc1ccc(Nc2cc(-c3ccncc3)nc(NCCN(C)C)n2)c(OC)c1. The van der Waals surface area contributed by atoms with Gasteiger partial charge in [0.1, 0.15) is 17.3 Å². The number of nitrogens with one attached hydrogen (secondary N) is 2. The lowest BCUT2D eigenvalue weighted by atomic mass is 10.2. The molecule has 29 heavy (non-hydrogen) atoms. The summed E-state index contributed by atoms with van der Waals surface area (Å²) in [5, 5.41) is 6.62. The number of likely N-dealkylation sites (N-methyl/N-ethyl adjacent to an activating group) is 1. The van der Waals surface area contributed by atoms with Crippen molar-refractivity contribution in [1.82, 2.24) is 19.9 Å². The van der Waals surface area contributed by atoms with Gasteiger partial charge in [0.15, 0.2) is 0 Å². The minimum absolute atomic E-state index is 0.552. The second-order valence-electron chi connectivity index (χ2n) is 6.62. The predicted molar refractivity (Wildman–Crippen MR) is 115 cm³/mol. The Balaban J connectivity index is 1.92. The third-order valence-corrected chi connectivity index (χ3v) is 4.22. The summed E-state index contributed by atoms with van der Waals surface area (Å²) in [5.74, 6) is 2.59. The Morgan fingerprint density at radius 1 is 0.966 bits per heavy atom. The van der Waals surface area contributed by atoms with E-state index < -0.39 is 0 Å². The first-order valence-corrected chi connectivity index (χ1v) is 9.26. The monoisotopic (exact) mass is 394 g/mol. The summed E-state index contributed by atoms with van der Waals surface area (Å²) in [7, 11) is 7.30. The van der Waals surface area contributed by atoms with Gasteiger partial charge >= 0.3 is 0 Å². The Bertz CT molecular complexity index is 934. The van der Waals surface area contributed by atoms with Crippen LogP contribution in [0.1, 0.15) is 0 Å². The van der Waals surface area contributed by atoms with Crippen molar-refractivity contribution < 1.29 is 9.47 Å². The van der Waals surface area contributed by atoms with Crippen LogP contribution in [0.4, 0.5) is 17.5 Å². The molecule has 8 heteroatoms. The smallest absolute Gasteiger partial charge is 0.225 e. The number of aromatic nitrogens is 3. The summed E-state index contributed by atoms with van der Waals surface area (Å²) >= 11 is 0. The molecule has 0 aliphatic heterocycles. The molecule has 3 rings (SSSR count). The molecule has 2 heterocycles. The lowest BCUT2D eigenvalue weighted by Crippen LogP contribution is -2.21. The fourth-order valence-electron chi connectivity index (χ4n) is 2.69. The molecule has 0 unspecified atom stereocenters. The molecule has 152 valence electrons. The molecule has 8 nitrogen and oxygen atoms in total. The van der Waals surface area contributed by atoms with E-state index in [1.54, 1.807) is 26.6 Å². The molecule has 0 saturated heterocycles. The maximum absolute atomic E-state index is 5.48. The van der Waals surface area contributed by atoms with Crippen LogP contribution in [0.3, 0.4) is 0 Å². The highest BCUT2D eigenvalue weighted by Gasteiger charge is 2.10. The number of methoxy groups -OCH3 is 2. The first-order chi connectivity index (χ1) is 14.1. The third-order valence-electron chi connectivity index (χ3n) is 4.22. The fraction of sp³-hybridized carbons (Fsp3) is 0.286. The van der Waals surface area contributed by atoms with E-state index in [0.717, 1.165) is 35.8 Å². The minimum Gasteiger partial charge on any atom is -0.497 e. The summed E-state index contributed by atoms with van der Waals surface area (Å²) in [5.41, 5.74) is 2.54. The van der Waals surface area contributed by atoms with E-state index in [-0.39, 0.29) is 0 Å². The van der Waals surface area contributed by atoms with Gasteiger partial charge in [-0.25, -0.2) is 4.98 Å². The van der Waals surface area contributed by atoms with Crippen LogP contribution in [0.5, 0.6) is 11.5 Å². The molecule has 0 amide bonds. The Labute approximate surface area is 170 Å². The van der Waals surface area contributed by atoms with Crippen molar-refractivity contribution in [2.24, 2.45) is 0 Å². The average molecular weight is 394 g/mol. The van der Waals surface area contributed by atoms with Gasteiger partial charge in [-0.3, -0.25) is 4.98 Å². The van der Waals surface area contributed by atoms with E-state index in [2.05, 4.69) is 30.5 Å². The van der Waals surface area contributed by atoms with E-state index in [1.165, 1.54) is 0 Å². The van der Waals surface area contributed by atoms with Gasteiger partial charge < -0.3 is 25.0 Å². The normalized spacial score (nSPS) is 10.7. The molecule has 3 aromatic rings. The molecule has 0 atom stereocenters. The predicted octanol–water partition coefficient (Wildman–Crippen LogP) is 3.27. The maximum Gasteiger partial charge on any atom is 0.225 e. The molecule has 0 bridgehead atoms. The zero-order valence-corrected chi connectivity index (χ0v) is 17.1. The number of rotatable bonds is 9. The van der Waals surface area contributed by atoms with Crippen LogP contribution in [0.15, 0.2) is 48.8 Å². The summed E-state index contributed by atoms with van der Waals surface area (Å²) < 4.78 is 10.7. The Morgan fingerprint density at radius 3 is 2.45 bits per heavy atom. The van der Waals surface area contributed by atoms with Gasteiger partial charge in [-0.2, -0.15) is 4.98 Å². The van der Waals surface area contributed by atoms with Gasteiger partial charge in [-0.15, -0.1) is 0 Å². The van der Waals surface area contributed by atoms with Crippen molar-refractivity contribution >= 4 is 17.5 Å². The summed E-state index contributed by atoms with van der Waals surface area (Å²) in [6.07, 6.45) is 3.49. The number of pyridine rings is 1. The summed E-state index contributed by atoms with van der Waals surface area (Å²) in [6.45, 7) is 1.61. The Morgan fingerprint density at radius 2 is 1.76 bits per heavy atom. The fourth-order valence-corrected chi connectivity index (χ4v) is 2.69. The topological polar surface area (TPSA) is 84.4 Å². The van der Waals surface area contributed by atoms with E-state index >= 15 is 0 Å². The zero-order chi connectivity index (χ0) is 20.6. The highest BCUT2D eigenvalue weighted by Crippen LogP contribution is 2.32.